The molecule has 4 heteroatoms. The quantitative estimate of drug-likeness (QED) is 0.463. The van der Waals surface area contributed by atoms with Crippen LogP contribution in [0.5, 0.6) is 0 Å². The van der Waals surface area contributed by atoms with Gasteiger partial charge >= 0.3 is 0 Å². The van der Waals surface area contributed by atoms with E-state index in [-0.39, 0.29) is 15.3 Å². The van der Waals surface area contributed by atoms with E-state index in [0.29, 0.717) is 5.56 Å². The molecule has 1 unspecified atom stereocenters. The number of rotatable bonds is 3. The molecule has 2 aromatic carbocycles. The van der Waals surface area contributed by atoms with Gasteiger partial charge in [-0.3, -0.25) is 0 Å². The molecule has 1 atom stereocenters. The molecule has 0 fully saturated rings. The van der Waals surface area contributed by atoms with Crippen molar-refractivity contribution in [2.45, 2.75) is 24.1 Å². The zero-order chi connectivity index (χ0) is 14.9. The fourth-order valence-electron chi connectivity index (χ4n) is 2.13. The van der Waals surface area contributed by atoms with Crippen molar-refractivity contribution in [1.82, 2.24) is 0 Å². The third-order valence-corrected chi connectivity index (χ3v) is 5.43. The maximum Gasteiger partial charge on any atom is 0.160 e. The molecule has 0 saturated carbocycles. The van der Waals surface area contributed by atoms with Crippen molar-refractivity contribution in [3.63, 3.8) is 0 Å². The first-order valence-electron chi connectivity index (χ1n) is 6.18. The second-order valence-corrected chi connectivity index (χ2v) is 6.56. The summed E-state index contributed by atoms with van der Waals surface area (Å²) in [6, 6.07) is 12.0. The first-order valence-corrected chi connectivity index (χ1v) is 7.47. The second-order valence-electron chi connectivity index (χ2n) is 5.24. The van der Waals surface area contributed by atoms with E-state index in [9.17, 15) is 8.78 Å². The van der Waals surface area contributed by atoms with Gasteiger partial charge in [-0.05, 0) is 23.3 Å². The average Bonchev–Trinajstić information content (AvgIpc) is 2.43. The molecule has 20 heavy (non-hydrogen) atoms. The highest BCUT2D eigenvalue weighted by Crippen LogP contribution is 2.45. The molecule has 2 rings (SSSR count). The van der Waals surface area contributed by atoms with Crippen molar-refractivity contribution < 1.29 is 8.78 Å². The number of hydrogen-bond acceptors (Lipinski definition) is 0. The first kappa shape index (κ1) is 15.5. The van der Waals surface area contributed by atoms with Crippen LogP contribution < -0.4 is 0 Å². The minimum atomic E-state index is -0.934. The van der Waals surface area contributed by atoms with Gasteiger partial charge < -0.3 is 0 Å². The van der Waals surface area contributed by atoms with E-state index in [1.807, 2.05) is 44.2 Å². The van der Waals surface area contributed by atoms with Crippen LogP contribution in [0.15, 0.2) is 42.5 Å². The summed E-state index contributed by atoms with van der Waals surface area (Å²) in [7, 11) is 0. The molecule has 0 bridgehead atoms. The SMILES string of the molecule is CC(C)(c1ccccc1)C(Br)c1cc(F)c(F)cc1Cl. The summed E-state index contributed by atoms with van der Waals surface area (Å²) in [4.78, 5) is -0.236. The summed E-state index contributed by atoms with van der Waals surface area (Å²) in [5.41, 5.74) is 1.30. The average molecular weight is 360 g/mol. The Hall–Kier alpha value is -0.930. The predicted molar refractivity (Wildman–Crippen MR) is 82.5 cm³/mol. The van der Waals surface area contributed by atoms with E-state index in [2.05, 4.69) is 15.9 Å². The number of hydrogen-bond donors (Lipinski definition) is 0. The zero-order valence-corrected chi connectivity index (χ0v) is 13.5. The summed E-state index contributed by atoms with van der Waals surface area (Å²) in [5, 5.41) is 0.217. The van der Waals surface area contributed by atoms with E-state index in [0.717, 1.165) is 17.7 Å². The van der Waals surface area contributed by atoms with Crippen molar-refractivity contribution in [2.75, 3.05) is 0 Å². The Morgan fingerprint density at radius 3 is 2.20 bits per heavy atom. The van der Waals surface area contributed by atoms with Gasteiger partial charge in [0.15, 0.2) is 11.6 Å². The highest BCUT2D eigenvalue weighted by atomic mass is 79.9. The third-order valence-electron chi connectivity index (χ3n) is 3.46. The van der Waals surface area contributed by atoms with Gasteiger partial charge in [-0.15, -0.1) is 0 Å². The molecular weight excluding hydrogens is 346 g/mol. The van der Waals surface area contributed by atoms with E-state index in [4.69, 9.17) is 11.6 Å². The van der Waals surface area contributed by atoms with Gasteiger partial charge in [0.05, 0.1) is 4.83 Å². The lowest BCUT2D eigenvalue weighted by atomic mass is 9.79. The van der Waals surface area contributed by atoms with E-state index in [1.54, 1.807) is 0 Å². The van der Waals surface area contributed by atoms with Crippen LogP contribution in [0.2, 0.25) is 5.02 Å². The molecule has 0 nitrogen and oxygen atoms in total. The zero-order valence-electron chi connectivity index (χ0n) is 11.1. The summed E-state index contributed by atoms with van der Waals surface area (Å²) in [5.74, 6) is -1.83. The molecule has 0 aliphatic rings. The maximum absolute atomic E-state index is 13.5. The van der Waals surface area contributed by atoms with Crippen LogP contribution >= 0.6 is 27.5 Å². The Balaban J connectivity index is 2.45. The van der Waals surface area contributed by atoms with Crippen LogP contribution in [0, 0.1) is 11.6 Å². The number of alkyl halides is 1. The Labute approximate surface area is 130 Å². The fourth-order valence-corrected chi connectivity index (χ4v) is 3.17. The summed E-state index contributed by atoms with van der Waals surface area (Å²) < 4.78 is 26.6. The molecule has 0 N–H and O–H groups in total. The van der Waals surface area contributed by atoms with E-state index >= 15 is 0 Å². The maximum atomic E-state index is 13.5. The second kappa shape index (κ2) is 5.82. The van der Waals surface area contributed by atoms with Crippen molar-refractivity contribution in [2.24, 2.45) is 0 Å². The topological polar surface area (TPSA) is 0 Å². The summed E-state index contributed by atoms with van der Waals surface area (Å²) >= 11 is 9.63. The molecule has 0 saturated heterocycles. The minimum absolute atomic E-state index is 0.217. The van der Waals surface area contributed by atoms with Crippen LogP contribution in [-0.2, 0) is 5.41 Å². The lowest BCUT2D eigenvalue weighted by Crippen LogP contribution is -2.23. The van der Waals surface area contributed by atoms with Crippen LogP contribution in [0.25, 0.3) is 0 Å². The molecule has 0 aliphatic heterocycles. The fraction of sp³-hybridized carbons (Fsp3) is 0.250. The largest absolute Gasteiger partial charge is 0.204 e. The Morgan fingerprint density at radius 1 is 1.05 bits per heavy atom. The molecular formula is C16H14BrClF2. The monoisotopic (exact) mass is 358 g/mol. The third kappa shape index (κ3) is 2.89. The van der Waals surface area contributed by atoms with E-state index in [1.165, 1.54) is 0 Å². The van der Waals surface area contributed by atoms with Crippen LogP contribution in [-0.4, -0.2) is 0 Å². The highest BCUT2D eigenvalue weighted by molar-refractivity contribution is 9.09. The molecule has 0 amide bonds. The van der Waals surface area contributed by atoms with Gasteiger partial charge in [0.2, 0.25) is 0 Å². The highest BCUT2D eigenvalue weighted by Gasteiger charge is 2.32. The normalized spacial score (nSPS) is 13.3. The molecule has 0 aromatic heterocycles. The van der Waals surface area contributed by atoms with Crippen LogP contribution in [0.3, 0.4) is 0 Å². The Kier molecular flexibility index (Phi) is 4.50. The number of halogens is 4. The molecule has 0 aliphatic carbocycles. The minimum Gasteiger partial charge on any atom is -0.204 e. The Morgan fingerprint density at radius 2 is 1.60 bits per heavy atom. The van der Waals surface area contributed by atoms with Crippen molar-refractivity contribution in [3.05, 3.63) is 70.2 Å². The predicted octanol–water partition coefficient (Wildman–Crippen LogP) is 6.03. The van der Waals surface area contributed by atoms with Gasteiger partial charge in [-0.25, -0.2) is 8.78 Å². The van der Waals surface area contributed by atoms with Gasteiger partial charge in [0, 0.05) is 10.4 Å². The molecule has 0 spiro atoms. The molecule has 2 aromatic rings. The van der Waals surface area contributed by atoms with Gasteiger partial charge in [-0.1, -0.05) is 71.7 Å². The number of benzene rings is 2. The van der Waals surface area contributed by atoms with Gasteiger partial charge in [0.25, 0.3) is 0 Å². The van der Waals surface area contributed by atoms with Crippen molar-refractivity contribution in [3.8, 4) is 0 Å². The van der Waals surface area contributed by atoms with Crippen LogP contribution in [0.4, 0.5) is 8.78 Å². The smallest absolute Gasteiger partial charge is 0.160 e. The first-order chi connectivity index (χ1) is 9.34. The lowest BCUT2D eigenvalue weighted by Gasteiger charge is -2.32. The molecule has 0 radical (unpaired) electrons. The van der Waals surface area contributed by atoms with Crippen molar-refractivity contribution >= 4 is 27.5 Å². The van der Waals surface area contributed by atoms with Gasteiger partial charge in [-0.2, -0.15) is 0 Å². The van der Waals surface area contributed by atoms with Crippen LogP contribution in [0.1, 0.15) is 29.8 Å². The molecule has 0 heterocycles. The van der Waals surface area contributed by atoms with Gasteiger partial charge in [0.1, 0.15) is 0 Å². The standard InChI is InChI=1S/C16H14BrClF2/c1-16(2,10-6-4-3-5-7-10)15(17)11-8-13(19)14(20)9-12(11)18/h3-9,15H,1-2H3. The summed E-state index contributed by atoms with van der Waals surface area (Å²) in [6.45, 7) is 4.05. The Bertz CT molecular complexity index is 611. The summed E-state index contributed by atoms with van der Waals surface area (Å²) in [6.07, 6.45) is 0. The van der Waals surface area contributed by atoms with E-state index < -0.39 is 11.6 Å². The van der Waals surface area contributed by atoms with Crippen molar-refractivity contribution in [1.29, 1.82) is 0 Å². The molecule has 106 valence electrons. The lowest BCUT2D eigenvalue weighted by molar-refractivity contribution is 0.494.